The highest BCUT2D eigenvalue weighted by atomic mass is 32.2. The number of hydrogen-bond donors (Lipinski definition) is 3. The topological polar surface area (TPSA) is 148 Å². The van der Waals surface area contributed by atoms with E-state index in [4.69, 9.17) is 9.47 Å². The Kier molecular flexibility index (Phi) is 10.1. The number of carbonyl (C=O) groups is 3. The number of benzene rings is 1. The molecule has 16 heteroatoms. The van der Waals surface area contributed by atoms with Crippen molar-refractivity contribution in [3.63, 3.8) is 0 Å². The number of rotatable bonds is 4. The van der Waals surface area contributed by atoms with Crippen LogP contribution in [0.5, 0.6) is 5.75 Å². The maximum Gasteiger partial charge on any atom is 0.408 e. The molecule has 43 heavy (non-hydrogen) atoms. The number of halogens is 3. The van der Waals surface area contributed by atoms with Crippen LogP contribution in [-0.2, 0) is 26.6 Å². The van der Waals surface area contributed by atoms with E-state index in [-0.39, 0.29) is 36.0 Å². The van der Waals surface area contributed by atoms with Gasteiger partial charge in [-0.15, -0.1) is 0 Å². The second-order valence-electron chi connectivity index (χ2n) is 10.9. The Morgan fingerprint density at radius 1 is 1.12 bits per heavy atom. The highest BCUT2D eigenvalue weighted by molar-refractivity contribution is 7.89. The van der Waals surface area contributed by atoms with Gasteiger partial charge in [-0.2, -0.15) is 0 Å². The molecule has 0 saturated carbocycles. The van der Waals surface area contributed by atoms with Crippen molar-refractivity contribution in [2.75, 3.05) is 25.0 Å². The van der Waals surface area contributed by atoms with Crippen molar-refractivity contribution in [2.24, 2.45) is 13.0 Å². The monoisotopic (exact) mass is 631 g/mol. The van der Waals surface area contributed by atoms with Crippen LogP contribution >= 0.6 is 0 Å². The van der Waals surface area contributed by atoms with Gasteiger partial charge in [-0.1, -0.05) is 13.8 Å². The van der Waals surface area contributed by atoms with Crippen molar-refractivity contribution in [1.29, 1.82) is 0 Å². The summed E-state index contributed by atoms with van der Waals surface area (Å²) < 4.78 is 81.9. The molecule has 0 aliphatic carbocycles. The minimum absolute atomic E-state index is 0.00360. The summed E-state index contributed by atoms with van der Waals surface area (Å²) in [4.78, 5) is 39.2. The summed E-state index contributed by atoms with van der Waals surface area (Å²) in [6.07, 6.45) is 0.365. The molecule has 1 aromatic heterocycles. The molecule has 3 N–H and O–H groups in total. The lowest BCUT2D eigenvalue weighted by Gasteiger charge is -2.24. The van der Waals surface area contributed by atoms with Gasteiger partial charge < -0.3 is 29.6 Å². The number of likely N-dealkylation sites (tertiary alicyclic amines) is 1. The number of amides is 3. The van der Waals surface area contributed by atoms with Crippen molar-refractivity contribution in [3.05, 3.63) is 41.5 Å². The average Bonchev–Trinajstić information content (AvgIpc) is 3.44. The third kappa shape index (κ3) is 7.60. The zero-order valence-corrected chi connectivity index (χ0v) is 25.7. The van der Waals surface area contributed by atoms with E-state index >= 15 is 0 Å². The Hall–Kier alpha value is -3.79. The lowest BCUT2D eigenvalue weighted by Crippen LogP contribution is -2.48. The van der Waals surface area contributed by atoms with Crippen LogP contribution in [0, 0.1) is 23.4 Å². The lowest BCUT2D eigenvalue weighted by molar-refractivity contribution is -0.132. The lowest BCUT2D eigenvalue weighted by atomic mass is 10.1. The number of carbonyl (C=O) groups excluding carboxylic acids is 3. The first-order chi connectivity index (χ1) is 20.0. The number of anilines is 1. The van der Waals surface area contributed by atoms with Crippen LogP contribution in [0.3, 0.4) is 0 Å². The van der Waals surface area contributed by atoms with Gasteiger partial charge in [-0.05, 0) is 27.7 Å². The van der Waals surface area contributed by atoms with E-state index in [1.807, 2.05) is 13.8 Å². The number of nitrogens with zero attached hydrogens (tertiary/aromatic N) is 2. The van der Waals surface area contributed by atoms with Crippen LogP contribution in [0.1, 0.15) is 52.0 Å². The summed E-state index contributed by atoms with van der Waals surface area (Å²) in [6, 6.07) is -0.527. The number of aryl methyl sites for hydroxylation is 1. The Morgan fingerprint density at radius 3 is 2.30 bits per heavy atom. The van der Waals surface area contributed by atoms with Gasteiger partial charge in [0.25, 0.3) is 5.91 Å². The SMILES string of the molecule is CC.C[C@H](NC(=O)OC(C)(C)C)C(=O)N1CC2COc3c(cn(C)c3C(=O)Nc3cc(F)c(F)c(F)c3)S(=O)(=O)NC2C1. The minimum Gasteiger partial charge on any atom is -0.489 e. The van der Waals surface area contributed by atoms with E-state index in [1.54, 1.807) is 20.8 Å². The van der Waals surface area contributed by atoms with E-state index in [2.05, 4.69) is 15.4 Å². The number of aromatic nitrogens is 1. The van der Waals surface area contributed by atoms with Gasteiger partial charge in [0.05, 0.1) is 6.61 Å². The van der Waals surface area contributed by atoms with Crippen molar-refractivity contribution in [1.82, 2.24) is 19.5 Å². The molecule has 1 aromatic carbocycles. The standard InChI is InChI=1S/C25H30F3N5O7S.C2H6/c1-12(29-24(36)40-25(2,3)4)23(35)33-8-13-11-39-21-18(41(37,38)31-17(13)9-33)10-32(5)20(21)22(34)30-14-6-15(26)19(28)16(27)7-14;1-2/h6-7,10,12-13,17,31H,8-9,11H2,1-5H3,(H,29,36)(H,30,34);1-2H3/t12-,13?,17?;/m0./s1. The van der Waals surface area contributed by atoms with Crippen LogP contribution in [0.2, 0.25) is 0 Å². The molecule has 3 atom stereocenters. The zero-order valence-electron chi connectivity index (χ0n) is 24.9. The first kappa shape index (κ1) is 33.7. The van der Waals surface area contributed by atoms with Crippen molar-refractivity contribution >= 4 is 33.6 Å². The molecule has 0 radical (unpaired) electrons. The second-order valence-corrected chi connectivity index (χ2v) is 12.6. The molecule has 12 nitrogen and oxygen atoms in total. The molecule has 0 bridgehead atoms. The molecule has 238 valence electrons. The number of hydrogen-bond acceptors (Lipinski definition) is 7. The fraction of sp³-hybridized carbons (Fsp3) is 0.519. The first-order valence-electron chi connectivity index (χ1n) is 13.6. The molecular weight excluding hydrogens is 595 g/mol. The Bertz CT molecular complexity index is 1480. The summed E-state index contributed by atoms with van der Waals surface area (Å²) in [5, 5.41) is 4.68. The van der Waals surface area contributed by atoms with E-state index < -0.39 is 74.7 Å². The van der Waals surface area contributed by atoms with Crippen molar-refractivity contribution in [2.45, 2.75) is 64.1 Å². The molecule has 2 aromatic rings. The number of fused-ring (bicyclic) bond motifs is 2. The first-order valence-corrected chi connectivity index (χ1v) is 15.0. The van der Waals surface area contributed by atoms with Gasteiger partial charge in [0.1, 0.15) is 16.5 Å². The molecule has 1 saturated heterocycles. The van der Waals surface area contributed by atoms with Crippen molar-refractivity contribution < 1.29 is 45.4 Å². The van der Waals surface area contributed by atoms with E-state index in [0.717, 1.165) is 6.20 Å². The molecule has 2 unspecified atom stereocenters. The van der Waals surface area contributed by atoms with E-state index in [0.29, 0.717) is 12.1 Å². The molecule has 0 spiro atoms. The minimum atomic E-state index is -4.26. The maximum atomic E-state index is 13.6. The van der Waals surface area contributed by atoms with Crippen LogP contribution < -0.4 is 20.1 Å². The van der Waals surface area contributed by atoms with Crippen LogP contribution in [-0.4, -0.2) is 73.2 Å². The van der Waals surface area contributed by atoms with Gasteiger partial charge in [-0.3, -0.25) is 9.59 Å². The Morgan fingerprint density at radius 2 is 1.72 bits per heavy atom. The van der Waals surface area contributed by atoms with Crippen LogP contribution in [0.15, 0.2) is 23.2 Å². The summed E-state index contributed by atoms with van der Waals surface area (Å²) >= 11 is 0. The molecular formula is C27H36F3N5O7S. The van der Waals surface area contributed by atoms with Crippen molar-refractivity contribution in [3.8, 4) is 5.75 Å². The third-order valence-electron chi connectivity index (χ3n) is 6.45. The summed E-state index contributed by atoms with van der Waals surface area (Å²) in [6.45, 7) is 10.5. The largest absolute Gasteiger partial charge is 0.489 e. The highest BCUT2D eigenvalue weighted by Crippen LogP contribution is 2.35. The predicted molar refractivity (Wildman–Crippen MR) is 150 cm³/mol. The number of ether oxygens (including phenoxy) is 2. The highest BCUT2D eigenvalue weighted by Gasteiger charge is 2.43. The van der Waals surface area contributed by atoms with Gasteiger partial charge in [0, 0.05) is 56.1 Å². The number of sulfonamides is 1. The predicted octanol–water partition coefficient (Wildman–Crippen LogP) is 3.13. The quantitative estimate of drug-likeness (QED) is 0.439. The molecule has 2 aliphatic rings. The molecule has 2 aliphatic heterocycles. The normalized spacial score (nSPS) is 19.7. The summed E-state index contributed by atoms with van der Waals surface area (Å²) in [5.74, 6) is -6.99. The zero-order chi connectivity index (χ0) is 32.4. The molecule has 1 fully saturated rings. The van der Waals surface area contributed by atoms with Gasteiger partial charge >= 0.3 is 6.09 Å². The van der Waals surface area contributed by atoms with E-state index in [1.165, 1.54) is 23.4 Å². The Labute approximate surface area is 247 Å². The Balaban J connectivity index is 0.00000248. The van der Waals surface area contributed by atoms with Crippen LogP contribution in [0.4, 0.5) is 23.7 Å². The van der Waals surface area contributed by atoms with E-state index in [9.17, 15) is 36.0 Å². The number of alkyl carbamates (subject to hydrolysis) is 1. The van der Waals surface area contributed by atoms with Gasteiger partial charge in [-0.25, -0.2) is 31.1 Å². The summed E-state index contributed by atoms with van der Waals surface area (Å²) in [5.41, 5.74) is -1.43. The maximum absolute atomic E-state index is 13.6. The van der Waals surface area contributed by atoms with Gasteiger partial charge in [0.15, 0.2) is 28.9 Å². The van der Waals surface area contributed by atoms with Crippen LogP contribution in [0.25, 0.3) is 0 Å². The average molecular weight is 632 g/mol. The molecule has 3 heterocycles. The van der Waals surface area contributed by atoms with Gasteiger partial charge in [0.2, 0.25) is 15.9 Å². The fourth-order valence-corrected chi connectivity index (χ4v) is 6.10. The number of nitrogens with one attached hydrogen (secondary N) is 3. The third-order valence-corrected chi connectivity index (χ3v) is 7.94. The molecule has 3 amide bonds. The smallest absolute Gasteiger partial charge is 0.408 e. The fourth-order valence-electron chi connectivity index (χ4n) is 4.61. The molecule has 4 rings (SSSR count). The summed E-state index contributed by atoms with van der Waals surface area (Å²) in [7, 11) is -2.89. The second kappa shape index (κ2) is 12.8.